The van der Waals surface area contributed by atoms with Gasteiger partial charge in [-0.1, -0.05) is 6.07 Å². The van der Waals surface area contributed by atoms with Crippen molar-refractivity contribution in [2.24, 2.45) is 0 Å². The minimum atomic E-state index is -3.04. The maximum Gasteiger partial charge on any atom is 0.255 e. The molecule has 1 aliphatic rings. The number of nitrogens with one attached hydrogen (secondary N) is 1. The van der Waals surface area contributed by atoms with Gasteiger partial charge < -0.3 is 15.0 Å². The van der Waals surface area contributed by atoms with E-state index >= 15 is 0 Å². The van der Waals surface area contributed by atoms with Crippen molar-refractivity contribution in [3.63, 3.8) is 0 Å². The molecule has 0 saturated carbocycles. The Kier molecular flexibility index (Phi) is 5.36. The number of benzene rings is 1. The number of amides is 1. The fourth-order valence-electron chi connectivity index (χ4n) is 3.10. The predicted octanol–water partition coefficient (Wildman–Crippen LogP) is 2.40. The highest BCUT2D eigenvalue weighted by atomic mass is 32.2. The SMILES string of the molecule is COc1ccc(C)cc1Nc1ccc(C(=O)N(C)C2CCS(=O)(=O)C2)cn1. The van der Waals surface area contributed by atoms with E-state index in [1.807, 2.05) is 25.1 Å². The van der Waals surface area contributed by atoms with E-state index in [0.29, 0.717) is 23.6 Å². The molecule has 7 nitrogen and oxygen atoms in total. The quantitative estimate of drug-likeness (QED) is 0.845. The van der Waals surface area contributed by atoms with Crippen LogP contribution in [0.4, 0.5) is 11.5 Å². The maximum atomic E-state index is 12.6. The normalized spacial score (nSPS) is 18.1. The summed E-state index contributed by atoms with van der Waals surface area (Å²) in [6.45, 7) is 1.98. The number of nitrogens with zero attached hydrogens (tertiary/aromatic N) is 2. The molecule has 1 N–H and O–H groups in total. The van der Waals surface area contributed by atoms with Gasteiger partial charge in [0.05, 0.1) is 29.9 Å². The summed E-state index contributed by atoms with van der Waals surface area (Å²) < 4.78 is 28.6. The molecule has 1 aliphatic heterocycles. The second-order valence-electron chi connectivity index (χ2n) is 6.73. The number of hydrogen-bond acceptors (Lipinski definition) is 6. The van der Waals surface area contributed by atoms with Crippen LogP contribution in [-0.4, -0.2) is 55.9 Å². The summed E-state index contributed by atoms with van der Waals surface area (Å²) in [7, 11) is 0.199. The lowest BCUT2D eigenvalue weighted by molar-refractivity contribution is 0.0747. The molecule has 1 atom stereocenters. The molecule has 1 amide bonds. The zero-order valence-corrected chi connectivity index (χ0v) is 16.4. The van der Waals surface area contributed by atoms with Crippen molar-refractivity contribution in [2.75, 3.05) is 31.0 Å². The Morgan fingerprint density at radius 2 is 2.07 bits per heavy atom. The summed E-state index contributed by atoms with van der Waals surface area (Å²) in [5, 5.41) is 3.19. The van der Waals surface area contributed by atoms with Gasteiger partial charge in [-0.05, 0) is 43.2 Å². The number of methoxy groups -OCH3 is 1. The lowest BCUT2D eigenvalue weighted by Crippen LogP contribution is -2.37. The van der Waals surface area contributed by atoms with Gasteiger partial charge >= 0.3 is 0 Å². The number of ether oxygens (including phenoxy) is 1. The van der Waals surface area contributed by atoms with Crippen LogP contribution in [0.15, 0.2) is 36.5 Å². The Bertz CT molecular complexity index is 942. The van der Waals surface area contributed by atoms with Gasteiger partial charge in [-0.15, -0.1) is 0 Å². The lowest BCUT2D eigenvalue weighted by Gasteiger charge is -2.23. The van der Waals surface area contributed by atoms with Crippen LogP contribution in [0, 0.1) is 6.92 Å². The van der Waals surface area contributed by atoms with E-state index in [1.54, 1.807) is 26.3 Å². The molecule has 1 aromatic carbocycles. The molecule has 0 radical (unpaired) electrons. The number of pyridine rings is 1. The van der Waals surface area contributed by atoms with E-state index in [9.17, 15) is 13.2 Å². The molecule has 8 heteroatoms. The van der Waals surface area contributed by atoms with Crippen molar-refractivity contribution >= 4 is 27.2 Å². The summed E-state index contributed by atoms with van der Waals surface area (Å²) in [6.07, 6.45) is 1.97. The van der Waals surface area contributed by atoms with Gasteiger partial charge in [-0.25, -0.2) is 13.4 Å². The van der Waals surface area contributed by atoms with Crippen molar-refractivity contribution in [2.45, 2.75) is 19.4 Å². The standard InChI is InChI=1S/C19H23N3O4S/c1-13-4-6-17(26-3)16(10-13)21-18-7-5-14(11-20-18)19(23)22(2)15-8-9-27(24,25)12-15/h4-7,10-11,15H,8-9,12H2,1-3H3,(H,20,21). The maximum absolute atomic E-state index is 12.6. The van der Waals surface area contributed by atoms with Crippen LogP contribution >= 0.6 is 0 Å². The Labute approximate surface area is 159 Å². The van der Waals surface area contributed by atoms with E-state index in [4.69, 9.17) is 4.74 Å². The van der Waals surface area contributed by atoms with Crippen molar-refractivity contribution in [1.82, 2.24) is 9.88 Å². The fraction of sp³-hybridized carbons (Fsp3) is 0.368. The first kappa shape index (κ1) is 19.2. The first-order valence-electron chi connectivity index (χ1n) is 8.64. The molecule has 27 heavy (non-hydrogen) atoms. The van der Waals surface area contributed by atoms with Crippen LogP contribution in [0.25, 0.3) is 0 Å². The van der Waals surface area contributed by atoms with Crippen molar-refractivity contribution in [1.29, 1.82) is 0 Å². The molecule has 0 spiro atoms. The average Bonchev–Trinajstić information content (AvgIpc) is 3.01. The Hall–Kier alpha value is -2.61. The number of carbonyl (C=O) groups excluding carboxylic acids is 1. The zero-order chi connectivity index (χ0) is 19.6. The molecular formula is C19H23N3O4S. The minimum absolute atomic E-state index is 0.0233. The van der Waals surface area contributed by atoms with Crippen molar-refractivity contribution in [3.8, 4) is 5.75 Å². The highest BCUT2D eigenvalue weighted by Gasteiger charge is 2.33. The van der Waals surface area contributed by atoms with Crippen molar-refractivity contribution in [3.05, 3.63) is 47.7 Å². The molecule has 1 unspecified atom stereocenters. The minimum Gasteiger partial charge on any atom is -0.495 e. The van der Waals surface area contributed by atoms with Gasteiger partial charge in [0.1, 0.15) is 11.6 Å². The number of rotatable bonds is 5. The zero-order valence-electron chi connectivity index (χ0n) is 15.6. The fourth-order valence-corrected chi connectivity index (χ4v) is 4.88. The first-order chi connectivity index (χ1) is 12.8. The molecule has 144 valence electrons. The second-order valence-corrected chi connectivity index (χ2v) is 8.96. The van der Waals surface area contributed by atoms with Gasteiger partial charge in [0.15, 0.2) is 9.84 Å². The van der Waals surface area contributed by atoms with Crippen LogP contribution < -0.4 is 10.1 Å². The highest BCUT2D eigenvalue weighted by Crippen LogP contribution is 2.28. The molecule has 3 rings (SSSR count). The predicted molar refractivity (Wildman–Crippen MR) is 104 cm³/mol. The van der Waals surface area contributed by atoms with E-state index in [0.717, 1.165) is 11.3 Å². The summed E-state index contributed by atoms with van der Waals surface area (Å²) in [5.41, 5.74) is 2.29. The Morgan fingerprint density at radius 1 is 1.30 bits per heavy atom. The van der Waals surface area contributed by atoms with E-state index < -0.39 is 9.84 Å². The first-order valence-corrected chi connectivity index (χ1v) is 10.5. The van der Waals surface area contributed by atoms with E-state index in [2.05, 4.69) is 10.3 Å². The van der Waals surface area contributed by atoms with E-state index in [1.165, 1.54) is 11.1 Å². The number of anilines is 2. The van der Waals surface area contributed by atoms with Crippen LogP contribution in [0.5, 0.6) is 5.75 Å². The van der Waals surface area contributed by atoms with Crippen LogP contribution in [0.3, 0.4) is 0 Å². The summed E-state index contributed by atoms with van der Waals surface area (Å²) >= 11 is 0. The Balaban J connectivity index is 1.72. The largest absolute Gasteiger partial charge is 0.495 e. The molecule has 2 heterocycles. The third-order valence-electron chi connectivity index (χ3n) is 4.70. The molecule has 1 saturated heterocycles. The molecule has 1 aromatic heterocycles. The van der Waals surface area contributed by atoms with Gasteiger partial charge in [0.2, 0.25) is 0 Å². The third-order valence-corrected chi connectivity index (χ3v) is 6.45. The molecule has 2 aromatic rings. The average molecular weight is 389 g/mol. The monoisotopic (exact) mass is 389 g/mol. The summed E-state index contributed by atoms with van der Waals surface area (Å²) in [6, 6.07) is 8.90. The van der Waals surface area contributed by atoms with Gasteiger partial charge in [0.25, 0.3) is 5.91 Å². The van der Waals surface area contributed by atoms with Crippen molar-refractivity contribution < 1.29 is 17.9 Å². The number of hydrogen-bond donors (Lipinski definition) is 1. The molecular weight excluding hydrogens is 366 g/mol. The second kappa shape index (κ2) is 7.56. The molecule has 1 fully saturated rings. The topological polar surface area (TPSA) is 88.6 Å². The number of aromatic nitrogens is 1. The number of sulfone groups is 1. The van der Waals surface area contributed by atoms with Crippen LogP contribution in [-0.2, 0) is 9.84 Å². The van der Waals surface area contributed by atoms with Crippen LogP contribution in [0.2, 0.25) is 0 Å². The molecule has 0 bridgehead atoms. The van der Waals surface area contributed by atoms with Gasteiger partial charge in [-0.3, -0.25) is 4.79 Å². The highest BCUT2D eigenvalue weighted by molar-refractivity contribution is 7.91. The smallest absolute Gasteiger partial charge is 0.255 e. The van der Waals surface area contributed by atoms with Gasteiger partial charge in [0, 0.05) is 19.3 Å². The van der Waals surface area contributed by atoms with E-state index in [-0.39, 0.29) is 23.5 Å². The lowest BCUT2D eigenvalue weighted by atomic mass is 10.2. The number of carbonyl (C=O) groups is 1. The molecule has 0 aliphatic carbocycles. The summed E-state index contributed by atoms with van der Waals surface area (Å²) in [5.74, 6) is 1.21. The Morgan fingerprint density at radius 3 is 2.67 bits per heavy atom. The third kappa shape index (κ3) is 4.39. The summed E-state index contributed by atoms with van der Waals surface area (Å²) in [4.78, 5) is 18.4. The number of aryl methyl sites for hydroxylation is 1. The van der Waals surface area contributed by atoms with Crippen LogP contribution in [0.1, 0.15) is 22.3 Å². The van der Waals surface area contributed by atoms with Gasteiger partial charge in [-0.2, -0.15) is 0 Å².